The Balaban J connectivity index is 1.70. The van der Waals surface area contributed by atoms with Crippen molar-refractivity contribution in [1.29, 1.82) is 0 Å². The minimum atomic E-state index is -0.577. The van der Waals surface area contributed by atoms with Gasteiger partial charge in [-0.1, -0.05) is 49.4 Å². The van der Waals surface area contributed by atoms with Crippen molar-refractivity contribution in [3.05, 3.63) is 95.1 Å². The highest BCUT2D eigenvalue weighted by molar-refractivity contribution is 6.05. The number of ether oxygens (including phenoxy) is 1. The Kier molecular flexibility index (Phi) is 6.83. The van der Waals surface area contributed by atoms with Crippen LogP contribution in [0.3, 0.4) is 0 Å². The molecule has 0 saturated carbocycles. The molecule has 0 unspecified atom stereocenters. The number of aryl methyl sites for hydroxylation is 1. The molecule has 3 N–H and O–H groups in total. The lowest BCUT2D eigenvalue weighted by atomic mass is 10.0. The van der Waals surface area contributed by atoms with Crippen LogP contribution >= 0.6 is 0 Å². The molecule has 3 aromatic carbocycles. The number of aromatic hydroxyl groups is 1. The molecule has 0 heterocycles. The molecule has 6 nitrogen and oxygen atoms in total. The third-order valence-corrected chi connectivity index (χ3v) is 4.69. The molecule has 0 atom stereocenters. The molecule has 0 spiro atoms. The maximum atomic E-state index is 12.8. The summed E-state index contributed by atoms with van der Waals surface area (Å²) in [6.07, 6.45) is 0.495. The minimum absolute atomic E-state index is 0.0505. The number of hydrazine groups is 1. The molecule has 0 aromatic heterocycles. The standard InChI is InChI=1S/C24H24N2O4/c1-2-19-15-21(30-16-17-7-4-3-5-8-17)11-12-22(19)24(29)26(25)23(28)14-18-9-6-10-20(27)13-18/h3-13,15,27H,2,14,16,25H2,1H3. The zero-order chi connectivity index (χ0) is 21.5. The summed E-state index contributed by atoms with van der Waals surface area (Å²) in [5, 5.41) is 10.2. The lowest BCUT2D eigenvalue weighted by Gasteiger charge is -2.17. The first-order valence-corrected chi connectivity index (χ1v) is 9.67. The van der Waals surface area contributed by atoms with E-state index in [2.05, 4.69) is 0 Å². The van der Waals surface area contributed by atoms with Crippen LogP contribution in [0.2, 0.25) is 0 Å². The predicted octanol–water partition coefficient (Wildman–Crippen LogP) is 3.62. The van der Waals surface area contributed by atoms with Crippen molar-refractivity contribution in [2.45, 2.75) is 26.4 Å². The Morgan fingerprint density at radius 2 is 1.70 bits per heavy atom. The van der Waals surface area contributed by atoms with Crippen molar-refractivity contribution in [1.82, 2.24) is 5.01 Å². The van der Waals surface area contributed by atoms with Crippen LogP contribution < -0.4 is 10.6 Å². The highest BCUT2D eigenvalue weighted by Crippen LogP contribution is 2.21. The SMILES string of the molecule is CCc1cc(OCc2ccccc2)ccc1C(=O)N(N)C(=O)Cc1cccc(O)c1. The first kappa shape index (κ1) is 21.1. The highest BCUT2D eigenvalue weighted by atomic mass is 16.5. The molecule has 2 amide bonds. The number of hydrogen-bond acceptors (Lipinski definition) is 5. The topological polar surface area (TPSA) is 92.9 Å². The van der Waals surface area contributed by atoms with E-state index in [4.69, 9.17) is 10.6 Å². The van der Waals surface area contributed by atoms with Crippen LogP contribution in [-0.4, -0.2) is 21.9 Å². The van der Waals surface area contributed by atoms with Crippen LogP contribution in [0.25, 0.3) is 0 Å². The highest BCUT2D eigenvalue weighted by Gasteiger charge is 2.22. The first-order valence-electron chi connectivity index (χ1n) is 9.67. The summed E-state index contributed by atoms with van der Waals surface area (Å²) < 4.78 is 5.82. The molecule has 3 aromatic rings. The number of amides is 2. The predicted molar refractivity (Wildman–Crippen MR) is 114 cm³/mol. The van der Waals surface area contributed by atoms with Crippen LogP contribution in [0.15, 0.2) is 72.8 Å². The van der Waals surface area contributed by atoms with Crippen LogP contribution in [0.1, 0.15) is 34.0 Å². The van der Waals surface area contributed by atoms with Crippen LogP contribution in [0, 0.1) is 0 Å². The fraction of sp³-hybridized carbons (Fsp3) is 0.167. The molecule has 0 aliphatic rings. The van der Waals surface area contributed by atoms with E-state index in [1.807, 2.05) is 37.3 Å². The van der Waals surface area contributed by atoms with Crippen molar-refractivity contribution < 1.29 is 19.4 Å². The molecule has 6 heteroatoms. The average Bonchev–Trinajstić information content (AvgIpc) is 2.77. The fourth-order valence-electron chi connectivity index (χ4n) is 3.07. The van der Waals surface area contributed by atoms with E-state index >= 15 is 0 Å². The quantitative estimate of drug-likeness (QED) is 0.356. The number of phenolic OH excluding ortho intramolecular Hbond substituents is 1. The molecule has 0 bridgehead atoms. The van der Waals surface area contributed by atoms with E-state index in [9.17, 15) is 14.7 Å². The first-order chi connectivity index (χ1) is 14.5. The maximum Gasteiger partial charge on any atom is 0.275 e. The molecular formula is C24H24N2O4. The Hall–Kier alpha value is -3.64. The Labute approximate surface area is 175 Å². The fourth-order valence-corrected chi connectivity index (χ4v) is 3.07. The Morgan fingerprint density at radius 3 is 2.40 bits per heavy atom. The van der Waals surface area contributed by atoms with Crippen LogP contribution in [0.4, 0.5) is 0 Å². The molecule has 0 aliphatic heterocycles. The summed E-state index contributed by atoms with van der Waals surface area (Å²) in [5.74, 6) is 5.37. The number of carbonyl (C=O) groups is 2. The van der Waals surface area contributed by atoms with Gasteiger partial charge in [0.05, 0.1) is 6.42 Å². The van der Waals surface area contributed by atoms with Gasteiger partial charge in [0.25, 0.3) is 5.91 Å². The second kappa shape index (κ2) is 9.71. The lowest BCUT2D eigenvalue weighted by Crippen LogP contribution is -2.43. The molecule has 0 fully saturated rings. The number of benzene rings is 3. The number of nitrogens with two attached hydrogens (primary N) is 1. The van der Waals surface area contributed by atoms with E-state index in [0.29, 0.717) is 34.9 Å². The van der Waals surface area contributed by atoms with Crippen LogP contribution in [0.5, 0.6) is 11.5 Å². The zero-order valence-corrected chi connectivity index (χ0v) is 16.7. The lowest BCUT2D eigenvalue weighted by molar-refractivity contribution is -0.128. The van der Waals surface area contributed by atoms with Gasteiger partial charge in [-0.05, 0) is 53.4 Å². The second-order valence-corrected chi connectivity index (χ2v) is 6.86. The third-order valence-electron chi connectivity index (χ3n) is 4.69. The number of nitrogens with zero attached hydrogens (tertiary/aromatic N) is 1. The summed E-state index contributed by atoms with van der Waals surface area (Å²) in [5.41, 5.74) is 2.72. The zero-order valence-electron chi connectivity index (χ0n) is 16.7. The summed E-state index contributed by atoms with van der Waals surface area (Å²) in [6.45, 7) is 2.34. The molecule has 0 radical (unpaired) electrons. The van der Waals surface area contributed by atoms with E-state index in [1.54, 1.807) is 30.3 Å². The van der Waals surface area contributed by atoms with Gasteiger partial charge >= 0.3 is 0 Å². The maximum absolute atomic E-state index is 12.8. The van der Waals surface area contributed by atoms with Crippen LogP contribution in [-0.2, 0) is 24.2 Å². The van der Waals surface area contributed by atoms with Crippen molar-refractivity contribution in [3.63, 3.8) is 0 Å². The number of phenols is 1. The number of carbonyl (C=O) groups excluding carboxylic acids is 2. The summed E-state index contributed by atoms with van der Waals surface area (Å²) in [7, 11) is 0. The molecular weight excluding hydrogens is 380 g/mol. The van der Waals surface area contributed by atoms with E-state index in [1.165, 1.54) is 12.1 Å². The van der Waals surface area contributed by atoms with E-state index in [0.717, 1.165) is 11.1 Å². The van der Waals surface area contributed by atoms with Gasteiger partial charge in [0.15, 0.2) is 0 Å². The van der Waals surface area contributed by atoms with E-state index < -0.39 is 11.8 Å². The number of rotatable bonds is 7. The summed E-state index contributed by atoms with van der Waals surface area (Å²) in [6, 6.07) is 21.2. The molecule has 30 heavy (non-hydrogen) atoms. The molecule has 154 valence electrons. The number of hydrogen-bond donors (Lipinski definition) is 2. The summed E-state index contributed by atoms with van der Waals surface area (Å²) >= 11 is 0. The minimum Gasteiger partial charge on any atom is -0.508 e. The van der Waals surface area contributed by atoms with Gasteiger partial charge in [0.1, 0.15) is 18.1 Å². The monoisotopic (exact) mass is 404 g/mol. The van der Waals surface area contributed by atoms with Crippen molar-refractivity contribution in [2.24, 2.45) is 5.84 Å². The number of imide groups is 1. The molecule has 0 aliphatic carbocycles. The largest absolute Gasteiger partial charge is 0.508 e. The average molecular weight is 404 g/mol. The molecule has 3 rings (SSSR count). The van der Waals surface area contributed by atoms with E-state index in [-0.39, 0.29) is 12.2 Å². The van der Waals surface area contributed by atoms with Gasteiger partial charge in [0, 0.05) is 5.56 Å². The van der Waals surface area contributed by atoms with Crippen molar-refractivity contribution >= 4 is 11.8 Å². The van der Waals surface area contributed by atoms with Gasteiger partial charge in [-0.15, -0.1) is 0 Å². The second-order valence-electron chi connectivity index (χ2n) is 6.86. The van der Waals surface area contributed by atoms with Gasteiger partial charge < -0.3 is 9.84 Å². The Bertz CT molecular complexity index is 1030. The Morgan fingerprint density at radius 1 is 0.967 bits per heavy atom. The summed E-state index contributed by atoms with van der Waals surface area (Å²) in [4.78, 5) is 25.2. The van der Waals surface area contributed by atoms with Crippen molar-refractivity contribution in [3.8, 4) is 11.5 Å². The molecule has 0 saturated heterocycles. The normalized spacial score (nSPS) is 10.5. The van der Waals surface area contributed by atoms with Gasteiger partial charge in [-0.2, -0.15) is 0 Å². The van der Waals surface area contributed by atoms with Gasteiger partial charge in [0.2, 0.25) is 5.91 Å². The van der Waals surface area contributed by atoms with Gasteiger partial charge in [-0.25, -0.2) is 10.9 Å². The smallest absolute Gasteiger partial charge is 0.275 e. The van der Waals surface area contributed by atoms with Crippen molar-refractivity contribution in [2.75, 3.05) is 0 Å². The van der Waals surface area contributed by atoms with Gasteiger partial charge in [-0.3, -0.25) is 9.59 Å². The third kappa shape index (κ3) is 5.24.